The van der Waals surface area contributed by atoms with E-state index < -0.39 is 28.2 Å². The number of phenols is 1. The summed E-state index contributed by atoms with van der Waals surface area (Å²) in [4.78, 5) is 32.0. The fraction of sp³-hybridized carbons (Fsp3) is 0.273. The Morgan fingerprint density at radius 2 is 2.11 bits per heavy atom. The predicted octanol–water partition coefficient (Wildman–Crippen LogP) is 0.296. The van der Waals surface area contributed by atoms with Gasteiger partial charge >= 0.3 is 5.69 Å². The molecule has 0 aromatic heterocycles. The van der Waals surface area contributed by atoms with Gasteiger partial charge in [-0.05, 0) is 12.5 Å². The summed E-state index contributed by atoms with van der Waals surface area (Å²) in [6.07, 6.45) is 0.484. The van der Waals surface area contributed by atoms with Crippen LogP contribution in [0.25, 0.3) is 0 Å². The quantitative estimate of drug-likeness (QED) is 0.387. The number of nitro benzene ring substituents is 1. The minimum absolute atomic E-state index is 0.126. The molecule has 1 rings (SSSR count). The summed E-state index contributed by atoms with van der Waals surface area (Å²) in [6, 6.07) is 3.67. The summed E-state index contributed by atoms with van der Waals surface area (Å²) >= 11 is 0. The third-order valence-electron chi connectivity index (χ3n) is 2.34. The number of benzene rings is 1. The lowest BCUT2D eigenvalue weighted by Gasteiger charge is -2.06. The Morgan fingerprint density at radius 3 is 2.68 bits per heavy atom. The SMILES string of the molecule is NC(=O)CCCNC(=O)c1cccc([N+](=O)[O-])c1O. The standard InChI is InChI=1S/C11H13N3O5/c12-9(15)5-2-6-13-11(17)7-3-1-4-8(10(7)16)14(18)19/h1,3-4,16H,2,5-6H2,(H2,12,15)(H,13,17). The first-order valence-corrected chi connectivity index (χ1v) is 5.46. The minimum atomic E-state index is -0.779. The lowest BCUT2D eigenvalue weighted by molar-refractivity contribution is -0.385. The predicted molar refractivity (Wildman–Crippen MR) is 65.5 cm³/mol. The van der Waals surface area contributed by atoms with E-state index in [1.54, 1.807) is 0 Å². The van der Waals surface area contributed by atoms with Gasteiger partial charge in [-0.3, -0.25) is 19.7 Å². The normalized spacial score (nSPS) is 9.89. The number of rotatable bonds is 6. The van der Waals surface area contributed by atoms with Gasteiger partial charge in [0.25, 0.3) is 5.91 Å². The summed E-state index contributed by atoms with van der Waals surface area (Å²) in [7, 11) is 0. The van der Waals surface area contributed by atoms with Gasteiger partial charge in [0.2, 0.25) is 11.7 Å². The van der Waals surface area contributed by atoms with E-state index in [-0.39, 0.29) is 18.5 Å². The number of nitrogens with zero attached hydrogens (tertiary/aromatic N) is 1. The van der Waals surface area contributed by atoms with Crippen LogP contribution in [0.4, 0.5) is 5.69 Å². The molecule has 102 valence electrons. The Kier molecular flexibility index (Phi) is 4.81. The summed E-state index contributed by atoms with van der Waals surface area (Å²) in [5.74, 6) is -1.81. The van der Waals surface area contributed by atoms with E-state index >= 15 is 0 Å². The second-order valence-electron chi connectivity index (χ2n) is 3.76. The number of primary amides is 1. The monoisotopic (exact) mass is 267 g/mol. The number of hydrogen-bond acceptors (Lipinski definition) is 5. The fourth-order valence-corrected chi connectivity index (χ4v) is 1.42. The van der Waals surface area contributed by atoms with Crippen molar-refractivity contribution in [2.24, 2.45) is 5.73 Å². The van der Waals surface area contributed by atoms with E-state index in [9.17, 15) is 24.8 Å². The van der Waals surface area contributed by atoms with Crippen molar-refractivity contribution in [1.29, 1.82) is 0 Å². The Labute approximate surface area is 108 Å². The van der Waals surface area contributed by atoms with Crippen molar-refractivity contribution in [2.75, 3.05) is 6.54 Å². The average molecular weight is 267 g/mol. The van der Waals surface area contributed by atoms with E-state index in [0.29, 0.717) is 6.42 Å². The molecule has 0 bridgehead atoms. The molecular formula is C11H13N3O5. The second kappa shape index (κ2) is 6.34. The third-order valence-corrected chi connectivity index (χ3v) is 2.34. The molecule has 0 atom stereocenters. The van der Waals surface area contributed by atoms with Gasteiger partial charge in [0, 0.05) is 19.0 Å². The highest BCUT2D eigenvalue weighted by atomic mass is 16.6. The van der Waals surface area contributed by atoms with Gasteiger partial charge in [-0.25, -0.2) is 0 Å². The molecule has 8 heteroatoms. The van der Waals surface area contributed by atoms with Crippen LogP contribution in [-0.2, 0) is 4.79 Å². The molecule has 0 aliphatic heterocycles. The highest BCUT2D eigenvalue weighted by Crippen LogP contribution is 2.28. The third kappa shape index (κ3) is 3.95. The van der Waals surface area contributed by atoms with Gasteiger partial charge < -0.3 is 16.2 Å². The highest BCUT2D eigenvalue weighted by molar-refractivity contribution is 5.98. The van der Waals surface area contributed by atoms with Gasteiger partial charge in [-0.1, -0.05) is 6.07 Å². The number of nitrogens with one attached hydrogen (secondary N) is 1. The van der Waals surface area contributed by atoms with Crippen molar-refractivity contribution in [3.63, 3.8) is 0 Å². The van der Waals surface area contributed by atoms with E-state index in [4.69, 9.17) is 5.73 Å². The van der Waals surface area contributed by atoms with Crippen LogP contribution in [0, 0.1) is 10.1 Å². The zero-order chi connectivity index (χ0) is 14.4. The number of amides is 2. The first-order chi connectivity index (χ1) is 8.93. The first kappa shape index (κ1) is 14.4. The van der Waals surface area contributed by atoms with Crippen LogP contribution in [0.2, 0.25) is 0 Å². The summed E-state index contributed by atoms with van der Waals surface area (Å²) in [6.45, 7) is 0.184. The number of carbonyl (C=O) groups excluding carboxylic acids is 2. The Morgan fingerprint density at radius 1 is 1.42 bits per heavy atom. The van der Waals surface area contributed by atoms with Crippen LogP contribution in [-0.4, -0.2) is 28.4 Å². The van der Waals surface area contributed by atoms with Crippen molar-refractivity contribution in [1.82, 2.24) is 5.32 Å². The van der Waals surface area contributed by atoms with Gasteiger partial charge in [0.05, 0.1) is 10.5 Å². The molecule has 1 aromatic rings. The van der Waals surface area contributed by atoms with Crippen LogP contribution in [0.3, 0.4) is 0 Å². The molecule has 19 heavy (non-hydrogen) atoms. The lowest BCUT2D eigenvalue weighted by Crippen LogP contribution is -2.25. The number of nitro groups is 1. The fourth-order valence-electron chi connectivity index (χ4n) is 1.42. The van der Waals surface area contributed by atoms with Gasteiger partial charge in [0.15, 0.2) is 0 Å². The molecule has 4 N–H and O–H groups in total. The average Bonchev–Trinajstić information content (AvgIpc) is 2.34. The molecule has 1 aromatic carbocycles. The zero-order valence-electron chi connectivity index (χ0n) is 9.96. The molecule has 2 amide bonds. The van der Waals surface area contributed by atoms with Gasteiger partial charge in [-0.15, -0.1) is 0 Å². The number of aromatic hydroxyl groups is 1. The Hall–Kier alpha value is -2.64. The molecule has 8 nitrogen and oxygen atoms in total. The van der Waals surface area contributed by atoms with E-state index in [1.807, 2.05) is 0 Å². The van der Waals surface area contributed by atoms with Crippen molar-refractivity contribution >= 4 is 17.5 Å². The number of phenolic OH excluding ortho intramolecular Hbond substituents is 1. The van der Waals surface area contributed by atoms with Crippen LogP contribution in [0.15, 0.2) is 18.2 Å². The number of para-hydroxylation sites is 1. The molecule has 0 saturated heterocycles. The maximum absolute atomic E-state index is 11.7. The van der Waals surface area contributed by atoms with Gasteiger partial charge in [-0.2, -0.15) is 0 Å². The molecule has 0 unspecified atom stereocenters. The molecule has 0 heterocycles. The maximum atomic E-state index is 11.7. The molecule has 0 fully saturated rings. The zero-order valence-corrected chi connectivity index (χ0v) is 9.96. The smallest absolute Gasteiger partial charge is 0.311 e. The molecule has 0 saturated carbocycles. The second-order valence-corrected chi connectivity index (χ2v) is 3.76. The van der Waals surface area contributed by atoms with E-state index in [2.05, 4.69) is 5.32 Å². The summed E-state index contributed by atoms with van der Waals surface area (Å²) in [5.41, 5.74) is 4.21. The topological polar surface area (TPSA) is 136 Å². The summed E-state index contributed by atoms with van der Waals surface area (Å²) in [5, 5.41) is 22.6. The van der Waals surface area contributed by atoms with Crippen LogP contribution in [0.1, 0.15) is 23.2 Å². The van der Waals surface area contributed by atoms with Crippen LogP contribution >= 0.6 is 0 Å². The largest absolute Gasteiger partial charge is 0.502 e. The number of hydrogen-bond donors (Lipinski definition) is 3. The van der Waals surface area contributed by atoms with Crippen molar-refractivity contribution in [3.05, 3.63) is 33.9 Å². The molecular weight excluding hydrogens is 254 g/mol. The molecule has 0 radical (unpaired) electrons. The van der Waals surface area contributed by atoms with Crippen molar-refractivity contribution in [2.45, 2.75) is 12.8 Å². The first-order valence-electron chi connectivity index (χ1n) is 5.46. The van der Waals surface area contributed by atoms with E-state index in [0.717, 1.165) is 6.07 Å². The number of carbonyl (C=O) groups is 2. The minimum Gasteiger partial charge on any atom is -0.502 e. The maximum Gasteiger partial charge on any atom is 0.311 e. The molecule has 0 spiro atoms. The Bertz CT molecular complexity index is 515. The van der Waals surface area contributed by atoms with Crippen molar-refractivity contribution < 1.29 is 19.6 Å². The van der Waals surface area contributed by atoms with Crippen LogP contribution in [0.5, 0.6) is 5.75 Å². The Balaban J connectivity index is 2.70. The molecule has 0 aliphatic carbocycles. The van der Waals surface area contributed by atoms with Crippen LogP contribution < -0.4 is 11.1 Å². The lowest BCUT2D eigenvalue weighted by atomic mass is 10.1. The van der Waals surface area contributed by atoms with Gasteiger partial charge in [0.1, 0.15) is 0 Å². The highest BCUT2D eigenvalue weighted by Gasteiger charge is 2.20. The van der Waals surface area contributed by atoms with Crippen molar-refractivity contribution in [3.8, 4) is 5.75 Å². The summed E-state index contributed by atoms with van der Waals surface area (Å²) < 4.78 is 0. The van der Waals surface area contributed by atoms with E-state index in [1.165, 1.54) is 12.1 Å². The molecule has 0 aliphatic rings. The number of nitrogens with two attached hydrogens (primary N) is 1.